The molecule has 19 heavy (non-hydrogen) atoms. The first kappa shape index (κ1) is 17.0. The van der Waals surface area contributed by atoms with Crippen molar-refractivity contribution in [3.8, 4) is 0 Å². The van der Waals surface area contributed by atoms with Crippen LogP contribution in [0.5, 0.6) is 0 Å². The lowest BCUT2D eigenvalue weighted by molar-refractivity contribution is 0.143. The summed E-state index contributed by atoms with van der Waals surface area (Å²) in [6.45, 7) is 17.6. The molecule has 0 unspecified atom stereocenters. The zero-order chi connectivity index (χ0) is 14.6. The molecule has 0 radical (unpaired) electrons. The fraction of sp³-hybridized carbons (Fsp3) is 1.00. The van der Waals surface area contributed by atoms with E-state index < -0.39 is 0 Å². The number of rotatable bonds is 6. The summed E-state index contributed by atoms with van der Waals surface area (Å²) >= 11 is 0. The lowest BCUT2D eigenvalue weighted by atomic mass is 9.74. The molecule has 1 aliphatic rings. The van der Waals surface area contributed by atoms with Crippen LogP contribution in [0, 0.1) is 10.8 Å². The van der Waals surface area contributed by atoms with Crippen LogP contribution in [0.4, 0.5) is 0 Å². The second-order valence-electron chi connectivity index (χ2n) is 8.47. The van der Waals surface area contributed by atoms with Crippen molar-refractivity contribution in [3.05, 3.63) is 0 Å². The smallest absolute Gasteiger partial charge is 0.0130 e. The van der Waals surface area contributed by atoms with Gasteiger partial charge in [-0.2, -0.15) is 0 Å². The first-order chi connectivity index (χ1) is 8.68. The van der Waals surface area contributed by atoms with Gasteiger partial charge in [0.15, 0.2) is 0 Å². The van der Waals surface area contributed by atoms with Gasteiger partial charge in [0.25, 0.3) is 0 Å². The van der Waals surface area contributed by atoms with Crippen molar-refractivity contribution >= 4 is 0 Å². The highest BCUT2D eigenvalue weighted by atomic mass is 15.0. The van der Waals surface area contributed by atoms with E-state index in [1.165, 1.54) is 51.7 Å². The van der Waals surface area contributed by atoms with Crippen molar-refractivity contribution in [2.75, 3.05) is 19.6 Å². The summed E-state index contributed by atoms with van der Waals surface area (Å²) < 4.78 is 0. The Kier molecular flexibility index (Phi) is 5.88. The molecule has 0 aromatic heterocycles. The summed E-state index contributed by atoms with van der Waals surface area (Å²) in [4.78, 5) is 0. The van der Waals surface area contributed by atoms with Crippen molar-refractivity contribution in [1.29, 1.82) is 0 Å². The Morgan fingerprint density at radius 2 is 1.63 bits per heavy atom. The first-order valence-electron chi connectivity index (χ1n) is 8.14. The van der Waals surface area contributed by atoms with E-state index in [9.17, 15) is 0 Å². The number of hydrogen-bond acceptors (Lipinski definition) is 2. The molecule has 0 atom stereocenters. The van der Waals surface area contributed by atoms with Gasteiger partial charge in [-0.1, -0.05) is 34.1 Å². The largest absolute Gasteiger partial charge is 0.317 e. The van der Waals surface area contributed by atoms with Gasteiger partial charge in [0, 0.05) is 12.1 Å². The maximum Gasteiger partial charge on any atom is 0.0130 e. The minimum atomic E-state index is 0.240. The lowest BCUT2D eigenvalue weighted by Crippen LogP contribution is -2.50. The molecule has 1 rings (SSSR count). The molecule has 2 nitrogen and oxygen atoms in total. The molecule has 1 aliphatic heterocycles. The summed E-state index contributed by atoms with van der Waals surface area (Å²) in [5.74, 6) is 0. The summed E-state index contributed by atoms with van der Waals surface area (Å²) in [5, 5.41) is 7.39. The van der Waals surface area contributed by atoms with Crippen LogP contribution in [-0.2, 0) is 0 Å². The van der Waals surface area contributed by atoms with E-state index >= 15 is 0 Å². The Labute approximate surface area is 121 Å². The maximum atomic E-state index is 3.88. The fourth-order valence-corrected chi connectivity index (χ4v) is 3.82. The Morgan fingerprint density at radius 1 is 1.05 bits per heavy atom. The normalized spacial score (nSPS) is 20.5. The molecule has 0 amide bonds. The van der Waals surface area contributed by atoms with Crippen LogP contribution in [0.25, 0.3) is 0 Å². The van der Waals surface area contributed by atoms with E-state index in [4.69, 9.17) is 0 Å². The Balaban J connectivity index is 2.55. The molecule has 0 aromatic carbocycles. The van der Waals surface area contributed by atoms with Crippen molar-refractivity contribution in [1.82, 2.24) is 10.6 Å². The van der Waals surface area contributed by atoms with Gasteiger partial charge in [0.05, 0.1) is 0 Å². The summed E-state index contributed by atoms with van der Waals surface area (Å²) in [5.41, 5.74) is 1.17. The zero-order valence-electron chi connectivity index (χ0n) is 14.2. The van der Waals surface area contributed by atoms with Crippen LogP contribution in [0.2, 0.25) is 0 Å². The van der Waals surface area contributed by atoms with Gasteiger partial charge in [0.2, 0.25) is 0 Å². The van der Waals surface area contributed by atoms with Crippen LogP contribution in [0.15, 0.2) is 0 Å². The Morgan fingerprint density at radius 3 is 2.11 bits per heavy atom. The van der Waals surface area contributed by atoms with Gasteiger partial charge in [-0.15, -0.1) is 0 Å². The predicted molar refractivity (Wildman–Crippen MR) is 85.6 cm³/mol. The third-order valence-electron chi connectivity index (χ3n) is 4.36. The molecule has 0 saturated carbocycles. The summed E-state index contributed by atoms with van der Waals surface area (Å²) in [7, 11) is 0. The monoisotopic (exact) mass is 268 g/mol. The van der Waals surface area contributed by atoms with Crippen LogP contribution in [0.1, 0.15) is 73.6 Å². The van der Waals surface area contributed by atoms with E-state index in [1.807, 2.05) is 0 Å². The highest BCUT2D eigenvalue weighted by molar-refractivity contribution is 4.91. The van der Waals surface area contributed by atoms with Crippen molar-refractivity contribution in [2.24, 2.45) is 10.8 Å². The number of piperidine rings is 1. The average molecular weight is 268 g/mol. The molecule has 2 heteroatoms. The topological polar surface area (TPSA) is 24.1 Å². The first-order valence-corrected chi connectivity index (χ1v) is 8.14. The number of nitrogens with one attached hydrogen (secondary N) is 2. The van der Waals surface area contributed by atoms with Gasteiger partial charge < -0.3 is 10.6 Å². The third-order valence-corrected chi connectivity index (χ3v) is 4.36. The van der Waals surface area contributed by atoms with Crippen LogP contribution in [-0.4, -0.2) is 25.2 Å². The van der Waals surface area contributed by atoms with Crippen LogP contribution in [0.3, 0.4) is 0 Å². The molecule has 1 saturated heterocycles. The van der Waals surface area contributed by atoms with E-state index in [0.717, 1.165) is 0 Å². The van der Waals surface area contributed by atoms with Crippen molar-refractivity contribution in [3.63, 3.8) is 0 Å². The predicted octanol–water partition coefficient (Wildman–Crippen LogP) is 3.96. The highest BCUT2D eigenvalue weighted by Crippen LogP contribution is 2.35. The average Bonchev–Trinajstić information content (AvgIpc) is 2.25. The molecular formula is C17H36N2. The van der Waals surface area contributed by atoms with E-state index in [1.54, 1.807) is 0 Å². The van der Waals surface area contributed by atoms with Gasteiger partial charge >= 0.3 is 0 Å². The second kappa shape index (κ2) is 6.58. The van der Waals surface area contributed by atoms with Gasteiger partial charge in [-0.05, 0) is 63.5 Å². The summed E-state index contributed by atoms with van der Waals surface area (Å²) in [6.07, 6.45) is 6.56. The van der Waals surface area contributed by atoms with Gasteiger partial charge in [-0.25, -0.2) is 0 Å². The Hall–Kier alpha value is -0.0800. The summed E-state index contributed by atoms with van der Waals surface area (Å²) in [6, 6.07) is 0. The molecule has 2 N–H and O–H groups in total. The molecule has 1 fully saturated rings. The molecule has 0 aliphatic carbocycles. The quantitative estimate of drug-likeness (QED) is 0.762. The second-order valence-corrected chi connectivity index (χ2v) is 8.47. The fourth-order valence-electron chi connectivity index (χ4n) is 3.82. The highest BCUT2D eigenvalue weighted by Gasteiger charge is 2.33. The lowest BCUT2D eigenvalue weighted by Gasteiger charge is -2.42. The van der Waals surface area contributed by atoms with Gasteiger partial charge in [0.1, 0.15) is 0 Å². The third kappa shape index (κ3) is 6.27. The minimum absolute atomic E-state index is 0.240. The Bertz CT molecular complexity index is 251. The minimum Gasteiger partial charge on any atom is -0.317 e. The molecule has 0 bridgehead atoms. The maximum absolute atomic E-state index is 3.88. The van der Waals surface area contributed by atoms with E-state index in [2.05, 4.69) is 52.2 Å². The molecule has 114 valence electrons. The molecular weight excluding hydrogens is 232 g/mol. The van der Waals surface area contributed by atoms with Crippen molar-refractivity contribution < 1.29 is 0 Å². The molecule has 0 aromatic rings. The SMILES string of the molecule is CCCC1(CNC(C)(C)CC(C)(C)C)CCNCC1. The van der Waals surface area contributed by atoms with Crippen molar-refractivity contribution in [2.45, 2.75) is 79.2 Å². The van der Waals surface area contributed by atoms with E-state index in [-0.39, 0.29) is 5.54 Å². The molecule has 0 spiro atoms. The van der Waals surface area contributed by atoms with Crippen LogP contribution >= 0.6 is 0 Å². The van der Waals surface area contributed by atoms with E-state index in [0.29, 0.717) is 10.8 Å². The standard InChI is InChI=1S/C17H36N2/c1-7-8-17(9-11-18-12-10-17)14-19-16(5,6)13-15(2,3)4/h18-19H,7-14H2,1-6H3. The zero-order valence-corrected chi connectivity index (χ0v) is 14.2. The number of hydrogen-bond donors (Lipinski definition) is 2. The molecule has 1 heterocycles. The van der Waals surface area contributed by atoms with Crippen LogP contribution < -0.4 is 10.6 Å². The van der Waals surface area contributed by atoms with Gasteiger partial charge in [-0.3, -0.25) is 0 Å².